The van der Waals surface area contributed by atoms with Gasteiger partial charge in [0.05, 0.1) is 0 Å². The number of aryl methyl sites for hydroxylation is 2. The summed E-state index contributed by atoms with van der Waals surface area (Å²) >= 11 is 0. The Morgan fingerprint density at radius 1 is 1.07 bits per heavy atom. The molecule has 0 radical (unpaired) electrons. The van der Waals surface area contributed by atoms with Crippen LogP contribution >= 0.6 is 0 Å². The molecule has 0 saturated heterocycles. The van der Waals surface area contributed by atoms with Crippen molar-refractivity contribution in [2.45, 2.75) is 65.3 Å². The van der Waals surface area contributed by atoms with Crippen LogP contribution in [0.5, 0.6) is 0 Å². The first-order chi connectivity index (χ1) is 14.1. The predicted octanol–water partition coefficient (Wildman–Crippen LogP) is 3.85. The monoisotopic (exact) mass is 393 g/mol. The van der Waals surface area contributed by atoms with E-state index < -0.39 is 0 Å². The first-order valence-corrected chi connectivity index (χ1v) is 10.7. The molecule has 3 heterocycles. The molecule has 0 unspecified atom stereocenters. The fraction of sp³-hybridized carbons (Fsp3) is 0.522. The van der Waals surface area contributed by atoms with E-state index in [-0.39, 0.29) is 11.3 Å². The average Bonchev–Trinajstić information content (AvgIpc) is 3.28. The van der Waals surface area contributed by atoms with Crippen molar-refractivity contribution in [2.75, 3.05) is 6.54 Å². The zero-order valence-corrected chi connectivity index (χ0v) is 17.5. The van der Waals surface area contributed by atoms with E-state index >= 15 is 0 Å². The van der Waals surface area contributed by atoms with Crippen molar-refractivity contribution in [1.29, 1.82) is 0 Å². The Kier molecular flexibility index (Phi) is 5.69. The summed E-state index contributed by atoms with van der Waals surface area (Å²) in [7, 11) is 0. The van der Waals surface area contributed by atoms with Crippen molar-refractivity contribution < 1.29 is 4.79 Å². The second-order valence-electron chi connectivity index (χ2n) is 8.58. The molecule has 29 heavy (non-hydrogen) atoms. The predicted molar refractivity (Wildman–Crippen MR) is 114 cm³/mol. The number of fused-ring (bicyclic) bond motifs is 1. The highest BCUT2D eigenvalue weighted by molar-refractivity contribution is 5.75. The highest BCUT2D eigenvalue weighted by Gasteiger charge is 2.34. The van der Waals surface area contributed by atoms with E-state index in [0.29, 0.717) is 6.42 Å². The third-order valence-electron chi connectivity index (χ3n) is 6.47. The van der Waals surface area contributed by atoms with E-state index in [0.717, 1.165) is 43.8 Å². The van der Waals surface area contributed by atoms with Gasteiger partial charge >= 0.3 is 0 Å². The van der Waals surface area contributed by atoms with Crippen molar-refractivity contribution in [3.8, 4) is 0 Å². The molecule has 0 aliphatic heterocycles. The third-order valence-corrected chi connectivity index (χ3v) is 6.47. The number of hydrogen-bond donors (Lipinski definition) is 1. The van der Waals surface area contributed by atoms with Crippen LogP contribution in [0, 0.1) is 19.3 Å². The van der Waals surface area contributed by atoms with Crippen LogP contribution in [0.3, 0.4) is 0 Å². The first kappa shape index (κ1) is 19.7. The van der Waals surface area contributed by atoms with Gasteiger partial charge in [0.2, 0.25) is 5.91 Å². The topological polar surface area (TPSA) is 64.2 Å². The fourth-order valence-electron chi connectivity index (χ4n) is 4.70. The lowest BCUT2D eigenvalue weighted by Crippen LogP contribution is -2.41. The molecule has 1 amide bonds. The minimum atomic E-state index is 0.0754. The first-order valence-electron chi connectivity index (χ1n) is 10.7. The molecule has 1 N–H and O–H groups in total. The zero-order chi connectivity index (χ0) is 20.3. The van der Waals surface area contributed by atoms with Crippen molar-refractivity contribution in [3.63, 3.8) is 0 Å². The summed E-state index contributed by atoms with van der Waals surface area (Å²) in [4.78, 5) is 12.6. The van der Waals surface area contributed by atoms with Gasteiger partial charge in [-0.25, -0.2) is 0 Å². The maximum absolute atomic E-state index is 12.6. The van der Waals surface area contributed by atoms with Crippen LogP contribution in [-0.2, 0) is 17.8 Å². The van der Waals surface area contributed by atoms with Crippen LogP contribution < -0.4 is 5.32 Å². The van der Waals surface area contributed by atoms with Gasteiger partial charge in [0.25, 0.3) is 0 Å². The molecule has 1 saturated carbocycles. The zero-order valence-electron chi connectivity index (χ0n) is 17.5. The molecule has 4 rings (SSSR count). The Labute approximate surface area is 172 Å². The van der Waals surface area contributed by atoms with Crippen LogP contribution in [0.25, 0.3) is 5.65 Å². The summed E-state index contributed by atoms with van der Waals surface area (Å²) in [5, 5.41) is 12.0. The quantitative estimate of drug-likeness (QED) is 0.663. The third kappa shape index (κ3) is 4.36. The molecular weight excluding hydrogens is 362 g/mol. The smallest absolute Gasteiger partial charge is 0.221 e. The fourth-order valence-corrected chi connectivity index (χ4v) is 4.70. The van der Waals surface area contributed by atoms with E-state index in [1.54, 1.807) is 0 Å². The van der Waals surface area contributed by atoms with Crippen LogP contribution in [0.4, 0.5) is 0 Å². The Bertz CT molecular complexity index is 961. The molecule has 6 heteroatoms. The molecule has 3 aromatic rings. The molecule has 6 nitrogen and oxygen atoms in total. The Balaban J connectivity index is 1.41. The Hall–Kier alpha value is -2.63. The lowest BCUT2D eigenvalue weighted by atomic mass is 9.71. The normalized spacial score (nSPS) is 16.2. The van der Waals surface area contributed by atoms with Gasteiger partial charge in [-0.3, -0.25) is 9.20 Å². The molecule has 1 fully saturated rings. The van der Waals surface area contributed by atoms with Gasteiger partial charge in [0.1, 0.15) is 5.82 Å². The highest BCUT2D eigenvalue weighted by atomic mass is 16.1. The van der Waals surface area contributed by atoms with Crippen molar-refractivity contribution in [1.82, 2.24) is 24.5 Å². The van der Waals surface area contributed by atoms with Crippen LogP contribution in [-0.4, -0.2) is 31.6 Å². The molecule has 0 spiro atoms. The minimum Gasteiger partial charge on any atom is -0.355 e. The Morgan fingerprint density at radius 2 is 1.83 bits per heavy atom. The number of aromatic nitrogens is 4. The second-order valence-corrected chi connectivity index (χ2v) is 8.58. The molecule has 1 aliphatic rings. The number of pyridine rings is 1. The molecule has 154 valence electrons. The van der Waals surface area contributed by atoms with E-state index in [1.807, 2.05) is 24.4 Å². The van der Waals surface area contributed by atoms with Crippen LogP contribution in [0.2, 0.25) is 0 Å². The van der Waals surface area contributed by atoms with Gasteiger partial charge in [-0.15, -0.1) is 10.2 Å². The summed E-state index contributed by atoms with van der Waals surface area (Å²) < 4.78 is 4.29. The maximum Gasteiger partial charge on any atom is 0.221 e. The minimum absolute atomic E-state index is 0.0754. The molecular formula is C23H31N5O. The van der Waals surface area contributed by atoms with Gasteiger partial charge in [-0.1, -0.05) is 25.3 Å². The summed E-state index contributed by atoms with van der Waals surface area (Å²) in [6.07, 6.45) is 9.37. The van der Waals surface area contributed by atoms with Gasteiger partial charge < -0.3 is 9.88 Å². The second kappa shape index (κ2) is 8.39. The largest absolute Gasteiger partial charge is 0.355 e. The van der Waals surface area contributed by atoms with Crippen LogP contribution in [0.1, 0.15) is 55.7 Å². The van der Waals surface area contributed by atoms with E-state index in [2.05, 4.69) is 50.5 Å². The van der Waals surface area contributed by atoms with Crippen molar-refractivity contribution in [3.05, 3.63) is 53.7 Å². The number of carbonyl (C=O) groups excluding carboxylic acids is 1. The van der Waals surface area contributed by atoms with Gasteiger partial charge in [0.15, 0.2) is 5.65 Å². The molecule has 0 aromatic carbocycles. The van der Waals surface area contributed by atoms with Crippen LogP contribution in [0.15, 0.2) is 36.5 Å². The lowest BCUT2D eigenvalue weighted by Gasteiger charge is -2.37. The maximum atomic E-state index is 12.6. The highest BCUT2D eigenvalue weighted by Crippen LogP contribution is 2.38. The van der Waals surface area contributed by atoms with Crippen molar-refractivity contribution >= 4 is 11.6 Å². The molecule has 1 aliphatic carbocycles. The summed E-state index contributed by atoms with van der Waals surface area (Å²) in [6, 6.07) is 10.2. The van der Waals surface area contributed by atoms with Gasteiger partial charge in [-0.2, -0.15) is 0 Å². The number of carbonyl (C=O) groups is 1. The summed E-state index contributed by atoms with van der Waals surface area (Å²) in [5.74, 6) is 1.13. The van der Waals surface area contributed by atoms with E-state index in [9.17, 15) is 4.79 Å². The summed E-state index contributed by atoms with van der Waals surface area (Å²) in [6.45, 7) is 5.63. The SMILES string of the molecule is Cc1ccc(C)n1CCC(=O)NCC1(Cc2nnc3ccccn23)CCCCC1. The standard InChI is InChI=1S/C23H31N5O/c1-18-9-10-19(2)27(18)15-11-22(29)24-17-23(12-5-3-6-13-23)16-21-26-25-20-8-4-7-14-28(20)21/h4,7-10,14H,3,5-6,11-13,15-17H2,1-2H3,(H,24,29). The average molecular weight is 394 g/mol. The number of rotatable bonds is 7. The number of nitrogens with zero attached hydrogens (tertiary/aromatic N) is 4. The molecule has 0 bridgehead atoms. The van der Waals surface area contributed by atoms with E-state index in [1.165, 1.54) is 30.7 Å². The lowest BCUT2D eigenvalue weighted by molar-refractivity contribution is -0.122. The Morgan fingerprint density at radius 3 is 2.59 bits per heavy atom. The molecule has 3 aromatic heterocycles. The number of nitrogens with one attached hydrogen (secondary N) is 1. The van der Waals surface area contributed by atoms with E-state index in [4.69, 9.17) is 0 Å². The van der Waals surface area contributed by atoms with Crippen molar-refractivity contribution in [2.24, 2.45) is 5.41 Å². The molecule has 0 atom stereocenters. The number of hydrogen-bond acceptors (Lipinski definition) is 3. The number of amides is 1. The summed E-state index contributed by atoms with van der Waals surface area (Å²) in [5.41, 5.74) is 3.37. The van der Waals surface area contributed by atoms with Gasteiger partial charge in [-0.05, 0) is 56.4 Å². The van der Waals surface area contributed by atoms with Gasteiger partial charge in [0, 0.05) is 43.5 Å².